The molecule has 0 spiro atoms. The van der Waals surface area contributed by atoms with E-state index in [1.807, 2.05) is 11.8 Å². The van der Waals surface area contributed by atoms with Gasteiger partial charge in [-0.05, 0) is 35.7 Å². The summed E-state index contributed by atoms with van der Waals surface area (Å²) in [5.74, 6) is 3.85. The molecule has 0 atom stereocenters. The van der Waals surface area contributed by atoms with Gasteiger partial charge in [0.15, 0.2) is 0 Å². The summed E-state index contributed by atoms with van der Waals surface area (Å²) in [5.41, 5.74) is 1.38. The average Bonchev–Trinajstić information content (AvgIpc) is 2.43. The van der Waals surface area contributed by atoms with Gasteiger partial charge in [-0.2, -0.15) is 11.8 Å². The predicted octanol–water partition coefficient (Wildman–Crippen LogP) is 4.29. The van der Waals surface area contributed by atoms with Gasteiger partial charge in [-0.1, -0.05) is 36.4 Å². The van der Waals surface area contributed by atoms with Gasteiger partial charge in [0, 0.05) is 4.91 Å². The lowest BCUT2D eigenvalue weighted by molar-refractivity contribution is 1.12. The monoisotopic (exact) mass is 236 g/mol. The third-order valence-corrected chi connectivity index (χ3v) is 4.65. The minimum atomic E-state index is 1.21. The smallest absolute Gasteiger partial charge is 0.0105 e. The summed E-state index contributed by atoms with van der Waals surface area (Å²) in [5, 5.41) is 0. The quantitative estimate of drug-likeness (QED) is 0.713. The van der Waals surface area contributed by atoms with Crippen molar-refractivity contribution in [1.82, 2.24) is 0 Å². The van der Waals surface area contributed by atoms with Crippen molar-refractivity contribution < 1.29 is 0 Å². The second-order valence-electron chi connectivity index (χ2n) is 3.54. The predicted molar refractivity (Wildman–Crippen MR) is 73.4 cm³/mol. The molecule has 0 bridgehead atoms. The van der Waals surface area contributed by atoms with Crippen molar-refractivity contribution in [3.05, 3.63) is 42.0 Å². The van der Waals surface area contributed by atoms with Crippen molar-refractivity contribution in [3.8, 4) is 0 Å². The summed E-state index contributed by atoms with van der Waals surface area (Å²) in [7, 11) is 0. The first kappa shape index (κ1) is 11.2. The highest BCUT2D eigenvalue weighted by Gasteiger charge is 2.03. The van der Waals surface area contributed by atoms with Crippen LogP contribution in [0.1, 0.15) is 18.4 Å². The highest BCUT2D eigenvalue weighted by atomic mass is 32.2. The molecule has 2 heteroatoms. The van der Waals surface area contributed by atoms with E-state index < -0.39 is 0 Å². The van der Waals surface area contributed by atoms with E-state index in [1.54, 1.807) is 0 Å². The van der Waals surface area contributed by atoms with Crippen LogP contribution in [0.4, 0.5) is 0 Å². The summed E-state index contributed by atoms with van der Waals surface area (Å²) >= 11 is 4.09. The first-order valence-electron chi connectivity index (χ1n) is 5.43. The Hall–Kier alpha value is -0.340. The standard InChI is InChI=1S/C13H16S2/c1-2-6-12(7-3-1)13-8-4-9-14-10-5-11-15-13/h1-3,6-8H,4-5,9-11H2/b13-8-. The Morgan fingerprint density at radius 1 is 0.933 bits per heavy atom. The average molecular weight is 236 g/mol. The van der Waals surface area contributed by atoms with Crippen LogP contribution in [0.15, 0.2) is 36.4 Å². The van der Waals surface area contributed by atoms with Gasteiger partial charge in [-0.3, -0.25) is 0 Å². The molecule has 0 unspecified atom stereocenters. The lowest BCUT2D eigenvalue weighted by Crippen LogP contribution is -1.84. The third kappa shape index (κ3) is 3.62. The minimum Gasteiger partial charge on any atom is -0.162 e. The first-order valence-corrected chi connectivity index (χ1v) is 7.57. The molecule has 0 amide bonds. The molecule has 0 nitrogen and oxygen atoms in total. The molecule has 0 N–H and O–H groups in total. The molecule has 0 radical (unpaired) electrons. The Morgan fingerprint density at radius 2 is 1.80 bits per heavy atom. The summed E-state index contributed by atoms with van der Waals surface area (Å²) in [6.07, 6.45) is 4.94. The maximum atomic E-state index is 2.40. The van der Waals surface area contributed by atoms with Crippen LogP contribution in [0.5, 0.6) is 0 Å². The van der Waals surface area contributed by atoms with Crippen LogP contribution in [-0.2, 0) is 0 Å². The molecule has 1 aromatic carbocycles. The Labute approximate surface area is 101 Å². The van der Waals surface area contributed by atoms with Gasteiger partial charge in [-0.15, -0.1) is 11.8 Å². The Kier molecular flexibility index (Phi) is 4.68. The van der Waals surface area contributed by atoms with Crippen LogP contribution < -0.4 is 0 Å². The summed E-state index contributed by atoms with van der Waals surface area (Å²) in [4.78, 5) is 1.47. The van der Waals surface area contributed by atoms with E-state index >= 15 is 0 Å². The van der Waals surface area contributed by atoms with Crippen molar-refractivity contribution in [3.63, 3.8) is 0 Å². The van der Waals surface area contributed by atoms with E-state index in [0.717, 1.165) is 0 Å². The van der Waals surface area contributed by atoms with Crippen molar-refractivity contribution in [2.75, 3.05) is 17.3 Å². The van der Waals surface area contributed by atoms with Crippen molar-refractivity contribution in [2.24, 2.45) is 0 Å². The van der Waals surface area contributed by atoms with Crippen LogP contribution in [-0.4, -0.2) is 17.3 Å². The molecular weight excluding hydrogens is 220 g/mol. The fourth-order valence-electron chi connectivity index (χ4n) is 1.58. The molecule has 0 saturated carbocycles. The lowest BCUT2D eigenvalue weighted by Gasteiger charge is -2.05. The lowest BCUT2D eigenvalue weighted by atomic mass is 10.2. The van der Waals surface area contributed by atoms with Gasteiger partial charge in [0.25, 0.3) is 0 Å². The van der Waals surface area contributed by atoms with Gasteiger partial charge in [0.2, 0.25) is 0 Å². The van der Waals surface area contributed by atoms with Crippen LogP contribution >= 0.6 is 23.5 Å². The maximum absolute atomic E-state index is 2.40. The molecule has 80 valence electrons. The Morgan fingerprint density at radius 3 is 2.67 bits per heavy atom. The van der Waals surface area contributed by atoms with E-state index in [4.69, 9.17) is 0 Å². The number of allylic oxidation sites excluding steroid dienone is 1. The second-order valence-corrected chi connectivity index (χ2v) is 5.90. The maximum Gasteiger partial charge on any atom is 0.0105 e. The molecular formula is C13H16S2. The summed E-state index contributed by atoms with van der Waals surface area (Å²) in [6, 6.07) is 10.8. The number of benzene rings is 1. The number of hydrogen-bond donors (Lipinski definition) is 0. The Bertz CT molecular complexity index is 317. The van der Waals surface area contributed by atoms with Gasteiger partial charge < -0.3 is 0 Å². The van der Waals surface area contributed by atoms with Crippen molar-refractivity contribution in [1.29, 1.82) is 0 Å². The molecule has 1 aliphatic rings. The highest BCUT2D eigenvalue weighted by Crippen LogP contribution is 2.30. The van der Waals surface area contributed by atoms with Crippen molar-refractivity contribution in [2.45, 2.75) is 12.8 Å². The third-order valence-electron chi connectivity index (χ3n) is 2.34. The van der Waals surface area contributed by atoms with E-state index in [0.29, 0.717) is 0 Å². The normalized spacial score (nSPS) is 22.0. The van der Waals surface area contributed by atoms with Crippen LogP contribution in [0.2, 0.25) is 0 Å². The highest BCUT2D eigenvalue weighted by molar-refractivity contribution is 8.08. The Balaban J connectivity index is 2.11. The number of hydrogen-bond acceptors (Lipinski definition) is 2. The van der Waals surface area contributed by atoms with Crippen LogP contribution in [0.25, 0.3) is 4.91 Å². The summed E-state index contributed by atoms with van der Waals surface area (Å²) in [6.45, 7) is 0. The molecule has 0 aromatic heterocycles. The van der Waals surface area contributed by atoms with Gasteiger partial charge in [-0.25, -0.2) is 0 Å². The fourth-order valence-corrected chi connectivity index (χ4v) is 3.65. The van der Waals surface area contributed by atoms with Gasteiger partial charge >= 0.3 is 0 Å². The SMILES string of the molecule is C1=C(/c2ccccc2)SCCCSCC/1. The summed E-state index contributed by atoms with van der Waals surface area (Å²) < 4.78 is 0. The zero-order valence-corrected chi connectivity index (χ0v) is 10.4. The zero-order chi connectivity index (χ0) is 10.3. The molecule has 0 saturated heterocycles. The van der Waals surface area contributed by atoms with Crippen molar-refractivity contribution >= 4 is 28.4 Å². The van der Waals surface area contributed by atoms with Gasteiger partial charge in [0.1, 0.15) is 0 Å². The largest absolute Gasteiger partial charge is 0.162 e. The number of thioether (sulfide) groups is 2. The molecule has 1 aliphatic heterocycles. The first-order chi connectivity index (χ1) is 7.47. The molecule has 2 rings (SSSR count). The fraction of sp³-hybridized carbons (Fsp3) is 0.385. The molecule has 1 aromatic rings. The van der Waals surface area contributed by atoms with Gasteiger partial charge in [0.05, 0.1) is 0 Å². The number of rotatable bonds is 1. The molecule has 0 fully saturated rings. The molecule has 15 heavy (non-hydrogen) atoms. The van der Waals surface area contributed by atoms with Crippen LogP contribution in [0, 0.1) is 0 Å². The van der Waals surface area contributed by atoms with E-state index in [9.17, 15) is 0 Å². The zero-order valence-electron chi connectivity index (χ0n) is 8.82. The minimum absolute atomic E-state index is 1.21. The van der Waals surface area contributed by atoms with E-state index in [1.165, 1.54) is 40.6 Å². The molecule has 1 heterocycles. The van der Waals surface area contributed by atoms with E-state index in [2.05, 4.69) is 48.2 Å². The van der Waals surface area contributed by atoms with E-state index in [-0.39, 0.29) is 0 Å². The topological polar surface area (TPSA) is 0 Å². The molecule has 0 aliphatic carbocycles. The second kappa shape index (κ2) is 6.29. The van der Waals surface area contributed by atoms with Crippen LogP contribution in [0.3, 0.4) is 0 Å².